The van der Waals surface area contributed by atoms with Crippen LogP contribution in [0.1, 0.15) is 23.6 Å². The van der Waals surface area contributed by atoms with Crippen LogP contribution in [0.4, 0.5) is 11.4 Å². The standard InChI is InChI=1S/C19H20N4O2S/c1-11-5-4-6-12(2)18(11)21-19(26)23-22-13(3)14-7-8-16-15(9-14)20-17(24)10-25-16/h4-9H,10H2,1-3H3,(H,20,24)(H2,21,23,26)/b22-13-. The largest absolute Gasteiger partial charge is 0.482 e. The lowest BCUT2D eigenvalue weighted by molar-refractivity contribution is -0.118. The molecular formula is C19H20N4O2S. The molecule has 2 aromatic rings. The summed E-state index contributed by atoms with van der Waals surface area (Å²) in [5, 5.41) is 10.7. The van der Waals surface area contributed by atoms with E-state index in [2.05, 4.69) is 21.2 Å². The normalized spacial score (nSPS) is 13.3. The molecule has 0 aliphatic carbocycles. The van der Waals surface area contributed by atoms with Crippen LogP contribution in [0.15, 0.2) is 41.5 Å². The number of nitrogens with one attached hydrogen (secondary N) is 3. The number of fused-ring (bicyclic) bond motifs is 1. The molecule has 0 bridgehead atoms. The lowest BCUT2D eigenvalue weighted by Gasteiger charge is -2.18. The molecule has 0 saturated heterocycles. The molecule has 1 aliphatic heterocycles. The lowest BCUT2D eigenvalue weighted by Crippen LogP contribution is -2.26. The van der Waals surface area contributed by atoms with Crippen LogP contribution in [-0.2, 0) is 4.79 Å². The van der Waals surface area contributed by atoms with Crippen molar-refractivity contribution >= 4 is 40.3 Å². The average molecular weight is 368 g/mol. The van der Waals surface area contributed by atoms with Gasteiger partial charge in [0.2, 0.25) is 0 Å². The predicted octanol–water partition coefficient (Wildman–Crippen LogP) is 3.34. The van der Waals surface area contributed by atoms with E-state index in [9.17, 15) is 4.79 Å². The number of amides is 1. The van der Waals surface area contributed by atoms with Crippen molar-refractivity contribution in [1.29, 1.82) is 0 Å². The molecule has 134 valence electrons. The fourth-order valence-electron chi connectivity index (χ4n) is 2.66. The molecule has 6 nitrogen and oxygen atoms in total. The lowest BCUT2D eigenvalue weighted by atomic mass is 10.1. The molecule has 0 saturated carbocycles. The molecule has 26 heavy (non-hydrogen) atoms. The van der Waals surface area contributed by atoms with E-state index in [1.54, 1.807) is 0 Å². The van der Waals surface area contributed by atoms with Crippen molar-refractivity contribution in [2.75, 3.05) is 17.2 Å². The Morgan fingerprint density at radius 3 is 2.69 bits per heavy atom. The monoisotopic (exact) mass is 368 g/mol. The van der Waals surface area contributed by atoms with Gasteiger partial charge in [-0.1, -0.05) is 18.2 Å². The number of ether oxygens (including phenoxy) is 1. The van der Waals surface area contributed by atoms with Crippen molar-refractivity contribution in [2.45, 2.75) is 20.8 Å². The molecule has 0 aromatic heterocycles. The SMILES string of the molecule is C/C(=N/NC(=S)Nc1c(C)cccc1C)c1ccc2c(c1)NC(=O)CO2. The molecule has 3 rings (SSSR count). The molecule has 1 heterocycles. The van der Waals surface area contributed by atoms with Gasteiger partial charge in [-0.15, -0.1) is 0 Å². The maximum Gasteiger partial charge on any atom is 0.262 e. The molecule has 2 aromatic carbocycles. The third kappa shape index (κ3) is 4.00. The molecule has 3 N–H and O–H groups in total. The van der Waals surface area contributed by atoms with E-state index < -0.39 is 0 Å². The zero-order valence-electron chi connectivity index (χ0n) is 14.8. The molecule has 0 fully saturated rings. The minimum Gasteiger partial charge on any atom is -0.482 e. The molecule has 0 unspecified atom stereocenters. The Morgan fingerprint density at radius 1 is 1.23 bits per heavy atom. The first-order valence-electron chi connectivity index (χ1n) is 8.18. The van der Waals surface area contributed by atoms with E-state index >= 15 is 0 Å². The minimum atomic E-state index is -0.165. The second-order valence-electron chi connectivity index (χ2n) is 6.08. The zero-order chi connectivity index (χ0) is 18.7. The number of anilines is 2. The number of carbonyl (C=O) groups is 1. The van der Waals surface area contributed by atoms with Gasteiger partial charge in [0.05, 0.1) is 11.4 Å². The van der Waals surface area contributed by atoms with Crippen LogP contribution >= 0.6 is 12.2 Å². The molecule has 1 amide bonds. The number of hydrogen-bond donors (Lipinski definition) is 3. The summed E-state index contributed by atoms with van der Waals surface area (Å²) in [5.74, 6) is 0.489. The van der Waals surface area contributed by atoms with Crippen LogP contribution in [0.5, 0.6) is 5.75 Å². The van der Waals surface area contributed by atoms with E-state index in [1.165, 1.54) is 0 Å². The van der Waals surface area contributed by atoms with Gasteiger partial charge in [0.25, 0.3) is 5.91 Å². The van der Waals surface area contributed by atoms with Gasteiger partial charge in [0.15, 0.2) is 11.7 Å². The Kier molecular flexibility index (Phi) is 5.18. The molecule has 0 atom stereocenters. The third-order valence-electron chi connectivity index (χ3n) is 4.08. The summed E-state index contributed by atoms with van der Waals surface area (Å²) >= 11 is 5.33. The summed E-state index contributed by atoms with van der Waals surface area (Å²) in [5.41, 5.74) is 8.30. The van der Waals surface area contributed by atoms with Crippen LogP contribution in [0, 0.1) is 13.8 Å². The number of benzene rings is 2. The van der Waals surface area contributed by atoms with E-state index in [1.807, 2.05) is 57.2 Å². The number of carbonyl (C=O) groups excluding carboxylic acids is 1. The van der Waals surface area contributed by atoms with Gasteiger partial charge in [0.1, 0.15) is 5.75 Å². The fourth-order valence-corrected chi connectivity index (χ4v) is 2.81. The Morgan fingerprint density at radius 2 is 1.96 bits per heavy atom. The molecule has 7 heteroatoms. The molecule has 0 spiro atoms. The second kappa shape index (κ2) is 7.53. The van der Waals surface area contributed by atoms with E-state index in [-0.39, 0.29) is 12.5 Å². The Labute approximate surface area is 157 Å². The first-order chi connectivity index (χ1) is 12.4. The highest BCUT2D eigenvalue weighted by molar-refractivity contribution is 7.80. The van der Waals surface area contributed by atoms with Crippen molar-refractivity contribution in [1.82, 2.24) is 5.43 Å². The van der Waals surface area contributed by atoms with Crippen LogP contribution < -0.4 is 20.8 Å². The number of hydrogen-bond acceptors (Lipinski definition) is 4. The van der Waals surface area contributed by atoms with Crippen LogP contribution in [-0.4, -0.2) is 23.3 Å². The van der Waals surface area contributed by atoms with E-state index in [0.29, 0.717) is 16.5 Å². The van der Waals surface area contributed by atoms with Crippen molar-refractivity contribution in [3.63, 3.8) is 0 Å². The van der Waals surface area contributed by atoms with Crippen molar-refractivity contribution in [2.24, 2.45) is 5.10 Å². The highest BCUT2D eigenvalue weighted by atomic mass is 32.1. The first-order valence-corrected chi connectivity index (χ1v) is 8.59. The van der Waals surface area contributed by atoms with Gasteiger partial charge in [-0.05, 0) is 67.9 Å². The van der Waals surface area contributed by atoms with Crippen molar-refractivity contribution in [3.8, 4) is 5.75 Å². The zero-order valence-corrected chi connectivity index (χ0v) is 15.7. The van der Waals surface area contributed by atoms with Gasteiger partial charge in [0, 0.05) is 5.69 Å². The maximum absolute atomic E-state index is 11.4. The van der Waals surface area contributed by atoms with Crippen LogP contribution in [0.2, 0.25) is 0 Å². The Bertz CT molecular complexity index is 888. The molecule has 0 radical (unpaired) electrons. The van der Waals surface area contributed by atoms with Gasteiger partial charge in [-0.3, -0.25) is 10.2 Å². The van der Waals surface area contributed by atoms with E-state index in [4.69, 9.17) is 17.0 Å². The first kappa shape index (κ1) is 17.9. The van der Waals surface area contributed by atoms with Crippen molar-refractivity contribution < 1.29 is 9.53 Å². The average Bonchev–Trinajstić information content (AvgIpc) is 2.62. The summed E-state index contributed by atoms with van der Waals surface area (Å²) in [4.78, 5) is 11.4. The topological polar surface area (TPSA) is 74.8 Å². The second-order valence-corrected chi connectivity index (χ2v) is 6.49. The Balaban J connectivity index is 1.69. The molecule has 1 aliphatic rings. The van der Waals surface area contributed by atoms with Gasteiger partial charge >= 0.3 is 0 Å². The third-order valence-corrected chi connectivity index (χ3v) is 4.27. The quantitative estimate of drug-likeness (QED) is 0.440. The minimum absolute atomic E-state index is 0.0409. The number of rotatable bonds is 3. The smallest absolute Gasteiger partial charge is 0.262 e. The summed E-state index contributed by atoms with van der Waals surface area (Å²) in [6.45, 7) is 5.95. The highest BCUT2D eigenvalue weighted by Crippen LogP contribution is 2.28. The number of para-hydroxylation sites is 1. The number of thiocarbonyl (C=S) groups is 1. The number of hydrazone groups is 1. The number of aryl methyl sites for hydroxylation is 2. The van der Waals surface area contributed by atoms with Crippen LogP contribution in [0.25, 0.3) is 0 Å². The molecular weight excluding hydrogens is 348 g/mol. The van der Waals surface area contributed by atoms with Crippen molar-refractivity contribution in [3.05, 3.63) is 53.1 Å². The predicted molar refractivity (Wildman–Crippen MR) is 108 cm³/mol. The Hall–Kier alpha value is -2.93. The van der Waals surface area contributed by atoms with Gasteiger partial charge < -0.3 is 15.4 Å². The summed E-state index contributed by atoms with van der Waals surface area (Å²) < 4.78 is 5.36. The summed E-state index contributed by atoms with van der Waals surface area (Å²) in [7, 11) is 0. The van der Waals surface area contributed by atoms with Gasteiger partial charge in [-0.2, -0.15) is 5.10 Å². The van der Waals surface area contributed by atoms with Crippen LogP contribution in [0.3, 0.4) is 0 Å². The highest BCUT2D eigenvalue weighted by Gasteiger charge is 2.16. The summed E-state index contributed by atoms with van der Waals surface area (Å²) in [6, 6.07) is 11.6. The van der Waals surface area contributed by atoms with E-state index in [0.717, 1.165) is 28.1 Å². The number of nitrogens with zero attached hydrogens (tertiary/aromatic N) is 1. The van der Waals surface area contributed by atoms with Gasteiger partial charge in [-0.25, -0.2) is 0 Å². The fraction of sp³-hybridized carbons (Fsp3) is 0.211. The summed E-state index contributed by atoms with van der Waals surface area (Å²) in [6.07, 6.45) is 0. The maximum atomic E-state index is 11.4.